The van der Waals surface area contributed by atoms with Gasteiger partial charge in [0.2, 0.25) is 11.8 Å². The van der Waals surface area contributed by atoms with Crippen LogP contribution >= 0.6 is 0 Å². The van der Waals surface area contributed by atoms with Crippen molar-refractivity contribution in [1.29, 1.82) is 0 Å². The number of hydrogen-bond donors (Lipinski definition) is 3. The van der Waals surface area contributed by atoms with Gasteiger partial charge < -0.3 is 20.7 Å². The van der Waals surface area contributed by atoms with E-state index in [1.54, 1.807) is 25.1 Å². The van der Waals surface area contributed by atoms with E-state index in [1.165, 1.54) is 0 Å². The van der Waals surface area contributed by atoms with Crippen LogP contribution in [0.15, 0.2) is 60.7 Å². The topological polar surface area (TPSA) is 96.5 Å². The van der Waals surface area contributed by atoms with Gasteiger partial charge in [-0.05, 0) is 41.5 Å². The number of benzene rings is 3. The van der Waals surface area contributed by atoms with Crippen LogP contribution in [0.1, 0.15) is 12.5 Å². The maximum atomic E-state index is 12.3. The van der Waals surface area contributed by atoms with Gasteiger partial charge in [-0.15, -0.1) is 0 Å². The highest BCUT2D eigenvalue weighted by Crippen LogP contribution is 2.32. The molecule has 1 atom stereocenters. The highest BCUT2D eigenvalue weighted by Gasteiger charge is 2.23. The van der Waals surface area contributed by atoms with Crippen molar-refractivity contribution in [2.24, 2.45) is 0 Å². The van der Waals surface area contributed by atoms with Crippen molar-refractivity contribution in [2.75, 3.05) is 17.2 Å². The maximum Gasteiger partial charge on any atom is 0.265 e. The third-order valence-electron chi connectivity index (χ3n) is 4.87. The zero-order valence-electron chi connectivity index (χ0n) is 16.4. The number of amides is 3. The minimum atomic E-state index is -0.560. The predicted molar refractivity (Wildman–Crippen MR) is 114 cm³/mol. The third-order valence-corrected chi connectivity index (χ3v) is 4.87. The summed E-state index contributed by atoms with van der Waals surface area (Å²) in [6, 6.07) is 18.7. The highest BCUT2D eigenvalue weighted by atomic mass is 16.5. The Kier molecular flexibility index (Phi) is 5.34. The average Bonchev–Trinajstić information content (AvgIpc) is 2.74. The first-order valence-electron chi connectivity index (χ1n) is 9.64. The molecule has 0 aliphatic carbocycles. The van der Waals surface area contributed by atoms with Crippen LogP contribution in [0.4, 0.5) is 11.4 Å². The van der Waals surface area contributed by atoms with Gasteiger partial charge in [-0.2, -0.15) is 0 Å². The summed E-state index contributed by atoms with van der Waals surface area (Å²) in [5.74, 6) is -0.297. The Morgan fingerprint density at radius 3 is 2.70 bits per heavy atom. The fraction of sp³-hybridized carbons (Fsp3) is 0.174. The van der Waals surface area contributed by atoms with Crippen molar-refractivity contribution in [3.63, 3.8) is 0 Å². The molecule has 3 aromatic rings. The number of anilines is 2. The number of fused-ring (bicyclic) bond motifs is 2. The molecule has 1 aliphatic rings. The minimum Gasteiger partial charge on any atom is -0.479 e. The molecule has 4 rings (SSSR count). The van der Waals surface area contributed by atoms with Crippen LogP contribution in [0, 0.1) is 0 Å². The molecule has 3 amide bonds. The molecule has 0 radical (unpaired) electrons. The number of carbonyl (C=O) groups is 3. The van der Waals surface area contributed by atoms with Crippen molar-refractivity contribution in [1.82, 2.24) is 5.32 Å². The highest BCUT2D eigenvalue weighted by molar-refractivity contribution is 6.00. The first kappa shape index (κ1) is 19.4. The van der Waals surface area contributed by atoms with Crippen molar-refractivity contribution >= 4 is 39.9 Å². The Labute approximate surface area is 173 Å². The van der Waals surface area contributed by atoms with Crippen LogP contribution in [0.2, 0.25) is 0 Å². The molecule has 30 heavy (non-hydrogen) atoms. The third kappa shape index (κ3) is 4.25. The number of carbonyl (C=O) groups excluding carboxylic acids is 3. The Morgan fingerprint density at radius 2 is 1.83 bits per heavy atom. The van der Waals surface area contributed by atoms with Crippen molar-refractivity contribution in [3.8, 4) is 5.75 Å². The molecular formula is C23H21N3O4. The van der Waals surface area contributed by atoms with Gasteiger partial charge >= 0.3 is 0 Å². The second-order valence-electron chi connectivity index (χ2n) is 7.10. The van der Waals surface area contributed by atoms with Crippen LogP contribution in [0.3, 0.4) is 0 Å². The molecule has 3 N–H and O–H groups in total. The lowest BCUT2D eigenvalue weighted by Gasteiger charge is -2.23. The lowest BCUT2D eigenvalue weighted by molar-refractivity contribution is -0.123. The first-order chi connectivity index (χ1) is 14.5. The molecular weight excluding hydrogens is 382 g/mol. The van der Waals surface area contributed by atoms with Gasteiger partial charge in [0.1, 0.15) is 5.75 Å². The van der Waals surface area contributed by atoms with Gasteiger partial charge in [-0.1, -0.05) is 42.5 Å². The molecule has 0 spiro atoms. The van der Waals surface area contributed by atoms with E-state index in [2.05, 4.69) is 16.0 Å². The normalized spacial score (nSPS) is 15.0. The van der Waals surface area contributed by atoms with E-state index in [1.807, 2.05) is 42.5 Å². The summed E-state index contributed by atoms with van der Waals surface area (Å²) in [6.07, 6.45) is -0.371. The molecule has 0 bridgehead atoms. The van der Waals surface area contributed by atoms with Crippen LogP contribution in [-0.4, -0.2) is 30.4 Å². The van der Waals surface area contributed by atoms with E-state index >= 15 is 0 Å². The number of hydrogen-bond acceptors (Lipinski definition) is 4. The summed E-state index contributed by atoms with van der Waals surface area (Å²) in [4.78, 5) is 36.3. The summed E-state index contributed by atoms with van der Waals surface area (Å²) in [5.41, 5.74) is 1.90. The summed E-state index contributed by atoms with van der Waals surface area (Å²) in [7, 11) is 0. The van der Waals surface area contributed by atoms with E-state index in [-0.39, 0.29) is 30.7 Å². The first-order valence-corrected chi connectivity index (χ1v) is 9.64. The summed E-state index contributed by atoms with van der Waals surface area (Å²) >= 11 is 0. The van der Waals surface area contributed by atoms with E-state index in [4.69, 9.17) is 4.74 Å². The monoisotopic (exact) mass is 403 g/mol. The number of ether oxygens (including phenoxy) is 1. The van der Waals surface area contributed by atoms with Crippen molar-refractivity contribution < 1.29 is 19.1 Å². The van der Waals surface area contributed by atoms with Crippen LogP contribution in [0.5, 0.6) is 5.75 Å². The zero-order chi connectivity index (χ0) is 21.1. The van der Waals surface area contributed by atoms with Gasteiger partial charge in [0.15, 0.2) is 6.10 Å². The summed E-state index contributed by atoms with van der Waals surface area (Å²) < 4.78 is 5.49. The molecule has 1 heterocycles. The fourth-order valence-corrected chi connectivity index (χ4v) is 3.35. The second-order valence-corrected chi connectivity index (χ2v) is 7.10. The maximum absolute atomic E-state index is 12.3. The zero-order valence-corrected chi connectivity index (χ0v) is 16.4. The van der Waals surface area contributed by atoms with E-state index in [9.17, 15) is 14.4 Å². The summed E-state index contributed by atoms with van der Waals surface area (Å²) in [6.45, 7) is 1.51. The molecule has 152 valence electrons. The quantitative estimate of drug-likeness (QED) is 0.610. The standard InChI is InChI=1S/C23H21N3O4/c1-14-23(29)26-19-12-17(9-10-20(19)30-14)25-22(28)13-24-21(27)11-16-7-4-6-15-5-2-3-8-18(15)16/h2-10,12,14H,11,13H2,1H3,(H,24,27)(H,25,28)(H,26,29). The summed E-state index contributed by atoms with van der Waals surface area (Å²) in [5, 5.41) is 10.2. The van der Waals surface area contributed by atoms with Gasteiger partial charge in [0.05, 0.1) is 18.7 Å². The Hall–Kier alpha value is -3.87. The predicted octanol–water partition coefficient (Wildman–Crippen LogP) is 2.86. The van der Waals surface area contributed by atoms with Crippen LogP contribution in [0.25, 0.3) is 10.8 Å². The smallest absolute Gasteiger partial charge is 0.265 e. The molecule has 3 aromatic carbocycles. The molecule has 7 heteroatoms. The van der Waals surface area contributed by atoms with E-state index in [0.717, 1.165) is 16.3 Å². The lowest BCUT2D eigenvalue weighted by atomic mass is 10.0. The van der Waals surface area contributed by atoms with Gasteiger partial charge in [-0.3, -0.25) is 14.4 Å². The van der Waals surface area contributed by atoms with Crippen LogP contribution < -0.4 is 20.7 Å². The Bertz CT molecular complexity index is 1140. The molecule has 7 nitrogen and oxygen atoms in total. The van der Waals surface area contributed by atoms with Gasteiger partial charge in [0, 0.05) is 5.69 Å². The number of rotatable bonds is 5. The number of nitrogens with one attached hydrogen (secondary N) is 3. The lowest BCUT2D eigenvalue weighted by Crippen LogP contribution is -2.35. The molecule has 1 aliphatic heterocycles. The average molecular weight is 403 g/mol. The van der Waals surface area contributed by atoms with E-state index < -0.39 is 6.10 Å². The SMILES string of the molecule is CC1Oc2ccc(NC(=O)CNC(=O)Cc3cccc4ccccc34)cc2NC1=O. The molecule has 1 unspecified atom stereocenters. The largest absolute Gasteiger partial charge is 0.479 e. The van der Waals surface area contributed by atoms with Gasteiger partial charge in [0.25, 0.3) is 5.91 Å². The van der Waals surface area contributed by atoms with Gasteiger partial charge in [-0.25, -0.2) is 0 Å². The second kappa shape index (κ2) is 8.24. The Balaban J connectivity index is 1.33. The fourth-order valence-electron chi connectivity index (χ4n) is 3.35. The molecule has 0 aromatic heterocycles. The van der Waals surface area contributed by atoms with Crippen molar-refractivity contribution in [3.05, 3.63) is 66.2 Å². The molecule has 0 saturated carbocycles. The molecule has 0 fully saturated rings. The molecule has 0 saturated heterocycles. The minimum absolute atomic E-state index is 0.152. The Morgan fingerprint density at radius 1 is 1.03 bits per heavy atom. The van der Waals surface area contributed by atoms with E-state index in [0.29, 0.717) is 17.1 Å². The van der Waals surface area contributed by atoms with Crippen molar-refractivity contribution in [2.45, 2.75) is 19.4 Å². The van der Waals surface area contributed by atoms with Crippen LogP contribution in [-0.2, 0) is 20.8 Å².